The van der Waals surface area contributed by atoms with Gasteiger partial charge in [-0.25, -0.2) is 0 Å². The number of rotatable bonds is 6. The summed E-state index contributed by atoms with van der Waals surface area (Å²) in [6.07, 6.45) is 2.57. The molecule has 2 rings (SSSR count). The number of halogens is 2. The zero-order valence-corrected chi connectivity index (χ0v) is 14.7. The van der Waals surface area contributed by atoms with E-state index >= 15 is 0 Å². The van der Waals surface area contributed by atoms with Crippen LogP contribution in [-0.4, -0.2) is 43.4 Å². The van der Waals surface area contributed by atoms with Crippen molar-refractivity contribution >= 4 is 27.5 Å². The van der Waals surface area contributed by atoms with Gasteiger partial charge in [-0.1, -0.05) is 33.6 Å². The third-order valence-electron chi connectivity index (χ3n) is 3.93. The molecule has 0 amide bonds. The molecule has 1 fully saturated rings. The minimum absolute atomic E-state index is 0.518. The smallest absolute Gasteiger partial charge is 0.0816 e. The third kappa shape index (κ3) is 5.53. The second-order valence-electron chi connectivity index (χ2n) is 5.82. The molecule has 0 spiro atoms. The highest BCUT2D eigenvalue weighted by Crippen LogP contribution is 2.28. The molecule has 0 aromatic heterocycles. The van der Waals surface area contributed by atoms with Gasteiger partial charge in [0, 0.05) is 29.2 Å². The molecule has 2 unspecified atom stereocenters. The van der Waals surface area contributed by atoms with Gasteiger partial charge in [0.05, 0.1) is 12.7 Å². The number of aliphatic hydroxyl groups excluding tert-OH is 1. The average molecular weight is 377 g/mol. The maximum atomic E-state index is 10.3. The van der Waals surface area contributed by atoms with Crippen LogP contribution in [0.5, 0.6) is 0 Å². The zero-order chi connectivity index (χ0) is 15.2. The quantitative estimate of drug-likeness (QED) is 0.817. The predicted octanol–water partition coefficient (Wildman–Crippen LogP) is 3.88. The molecule has 3 nitrogen and oxygen atoms in total. The van der Waals surface area contributed by atoms with Crippen molar-refractivity contribution in [1.82, 2.24) is 4.90 Å². The molecule has 1 saturated heterocycles. The van der Waals surface area contributed by atoms with Gasteiger partial charge in [0.1, 0.15) is 0 Å². The van der Waals surface area contributed by atoms with Gasteiger partial charge in [-0.15, -0.1) is 0 Å². The van der Waals surface area contributed by atoms with E-state index in [1.165, 1.54) is 6.42 Å². The first-order valence-electron chi connectivity index (χ1n) is 7.45. The fourth-order valence-electron chi connectivity index (χ4n) is 2.75. The van der Waals surface area contributed by atoms with Crippen LogP contribution in [0.1, 0.15) is 30.9 Å². The number of ether oxygens (including phenoxy) is 1. The summed E-state index contributed by atoms with van der Waals surface area (Å²) in [5.41, 5.74) is 0.800. The van der Waals surface area contributed by atoms with Crippen LogP contribution in [0.3, 0.4) is 0 Å². The highest BCUT2D eigenvalue weighted by Gasteiger charge is 2.17. The molecule has 1 heterocycles. The van der Waals surface area contributed by atoms with Crippen molar-refractivity contribution in [2.45, 2.75) is 25.4 Å². The summed E-state index contributed by atoms with van der Waals surface area (Å²) < 4.78 is 6.44. The lowest BCUT2D eigenvalue weighted by Crippen LogP contribution is -2.32. The van der Waals surface area contributed by atoms with Crippen LogP contribution in [0.4, 0.5) is 0 Å². The van der Waals surface area contributed by atoms with Crippen molar-refractivity contribution in [1.29, 1.82) is 0 Å². The first kappa shape index (κ1) is 17.2. The fraction of sp³-hybridized carbons (Fsp3) is 0.625. The molecule has 0 radical (unpaired) electrons. The second-order valence-corrected chi connectivity index (χ2v) is 7.14. The Balaban J connectivity index is 1.78. The Morgan fingerprint density at radius 2 is 2.33 bits per heavy atom. The molecular formula is C16H23BrClNO2. The van der Waals surface area contributed by atoms with Crippen LogP contribution >= 0.6 is 27.5 Å². The predicted molar refractivity (Wildman–Crippen MR) is 89.8 cm³/mol. The van der Waals surface area contributed by atoms with Gasteiger partial charge < -0.3 is 14.7 Å². The Labute approximate surface area is 140 Å². The molecule has 1 aliphatic rings. The van der Waals surface area contributed by atoms with Crippen LogP contribution in [0, 0.1) is 5.92 Å². The van der Waals surface area contributed by atoms with E-state index in [2.05, 4.69) is 27.9 Å². The van der Waals surface area contributed by atoms with Crippen LogP contribution in [0.2, 0.25) is 5.02 Å². The van der Waals surface area contributed by atoms with E-state index in [0.717, 1.165) is 42.8 Å². The molecule has 21 heavy (non-hydrogen) atoms. The van der Waals surface area contributed by atoms with Crippen LogP contribution < -0.4 is 0 Å². The molecule has 118 valence electrons. The van der Waals surface area contributed by atoms with Gasteiger partial charge in [0.2, 0.25) is 0 Å². The highest BCUT2D eigenvalue weighted by atomic mass is 79.9. The SMILES string of the molecule is CN(CCC(O)c1ccc(Br)cc1Cl)CC1CCCOC1. The lowest BCUT2D eigenvalue weighted by molar-refractivity contribution is 0.0399. The van der Waals surface area contributed by atoms with E-state index < -0.39 is 6.10 Å². The molecule has 1 aromatic carbocycles. The standard InChI is InChI=1S/C16H23BrClNO2/c1-19(10-12-3-2-8-21-11-12)7-6-16(20)14-5-4-13(17)9-15(14)18/h4-5,9,12,16,20H,2-3,6-8,10-11H2,1H3. The molecule has 2 atom stereocenters. The Bertz CT molecular complexity index is 452. The van der Waals surface area contributed by atoms with E-state index in [9.17, 15) is 5.11 Å². The van der Waals surface area contributed by atoms with Crippen LogP contribution in [0.25, 0.3) is 0 Å². The van der Waals surface area contributed by atoms with E-state index in [-0.39, 0.29) is 0 Å². The molecule has 1 aromatic rings. The van der Waals surface area contributed by atoms with Gasteiger partial charge in [-0.3, -0.25) is 0 Å². The van der Waals surface area contributed by atoms with Gasteiger partial charge >= 0.3 is 0 Å². The Morgan fingerprint density at radius 1 is 1.52 bits per heavy atom. The Kier molecular flexibility index (Phi) is 6.96. The first-order valence-corrected chi connectivity index (χ1v) is 8.62. The summed E-state index contributed by atoms with van der Waals surface area (Å²) in [5, 5.41) is 10.9. The summed E-state index contributed by atoms with van der Waals surface area (Å²) in [7, 11) is 2.10. The maximum absolute atomic E-state index is 10.3. The van der Waals surface area contributed by atoms with Crippen LogP contribution in [0.15, 0.2) is 22.7 Å². The molecule has 5 heteroatoms. The summed E-state index contributed by atoms with van der Waals surface area (Å²) in [6.45, 7) is 3.65. The second kappa shape index (κ2) is 8.49. The topological polar surface area (TPSA) is 32.7 Å². The number of aliphatic hydroxyl groups is 1. The number of benzene rings is 1. The van der Waals surface area contributed by atoms with Crippen molar-refractivity contribution in [3.05, 3.63) is 33.3 Å². The maximum Gasteiger partial charge on any atom is 0.0816 e. The largest absolute Gasteiger partial charge is 0.388 e. The monoisotopic (exact) mass is 375 g/mol. The summed E-state index contributed by atoms with van der Waals surface area (Å²) in [4.78, 5) is 2.27. The van der Waals surface area contributed by atoms with Gasteiger partial charge in [-0.2, -0.15) is 0 Å². The van der Waals surface area contributed by atoms with E-state index in [0.29, 0.717) is 17.4 Å². The van der Waals surface area contributed by atoms with Crippen molar-refractivity contribution in [2.75, 3.05) is 33.4 Å². The number of hydrogen-bond donors (Lipinski definition) is 1. The zero-order valence-electron chi connectivity index (χ0n) is 12.4. The Hall–Kier alpha value is -0.130. The fourth-order valence-corrected chi connectivity index (χ4v) is 3.55. The van der Waals surface area contributed by atoms with Gasteiger partial charge in [0.15, 0.2) is 0 Å². The van der Waals surface area contributed by atoms with Gasteiger partial charge in [-0.05, 0) is 49.9 Å². The van der Waals surface area contributed by atoms with E-state index in [1.54, 1.807) is 0 Å². The van der Waals surface area contributed by atoms with Crippen molar-refractivity contribution in [3.8, 4) is 0 Å². The van der Waals surface area contributed by atoms with Crippen molar-refractivity contribution in [3.63, 3.8) is 0 Å². The Morgan fingerprint density at radius 3 is 3.00 bits per heavy atom. The molecule has 1 aliphatic heterocycles. The van der Waals surface area contributed by atoms with E-state index in [4.69, 9.17) is 16.3 Å². The minimum Gasteiger partial charge on any atom is -0.388 e. The first-order chi connectivity index (χ1) is 10.1. The van der Waals surface area contributed by atoms with Gasteiger partial charge in [0.25, 0.3) is 0 Å². The van der Waals surface area contributed by atoms with Crippen LogP contribution in [-0.2, 0) is 4.74 Å². The van der Waals surface area contributed by atoms with E-state index in [1.807, 2.05) is 18.2 Å². The number of nitrogens with zero attached hydrogens (tertiary/aromatic N) is 1. The van der Waals surface area contributed by atoms with Crippen molar-refractivity contribution in [2.24, 2.45) is 5.92 Å². The molecule has 0 saturated carbocycles. The lowest BCUT2D eigenvalue weighted by atomic mass is 10.0. The highest BCUT2D eigenvalue weighted by molar-refractivity contribution is 9.10. The molecule has 0 aliphatic carbocycles. The summed E-state index contributed by atoms with van der Waals surface area (Å²) in [6, 6.07) is 5.61. The third-order valence-corrected chi connectivity index (χ3v) is 4.75. The molecular weight excluding hydrogens is 354 g/mol. The minimum atomic E-state index is -0.518. The van der Waals surface area contributed by atoms with Crippen molar-refractivity contribution < 1.29 is 9.84 Å². The molecule has 0 bridgehead atoms. The lowest BCUT2D eigenvalue weighted by Gasteiger charge is -2.27. The average Bonchev–Trinajstić information content (AvgIpc) is 2.46. The normalized spacial score (nSPS) is 20.7. The summed E-state index contributed by atoms with van der Waals surface area (Å²) in [5.74, 6) is 0.622. The summed E-state index contributed by atoms with van der Waals surface area (Å²) >= 11 is 9.55. The number of hydrogen-bond acceptors (Lipinski definition) is 3. The molecule has 1 N–H and O–H groups in total.